The van der Waals surface area contributed by atoms with Crippen LogP contribution in [-0.4, -0.2) is 11.7 Å². The molecular weight excluding hydrogens is 242 g/mol. The van der Waals surface area contributed by atoms with Gasteiger partial charge in [-0.1, -0.05) is 13.8 Å². The Balaban J connectivity index is 2.45. The van der Waals surface area contributed by atoms with Crippen LogP contribution in [0, 0.1) is 17.6 Å². The van der Waals surface area contributed by atoms with E-state index in [1.807, 2.05) is 0 Å². The van der Waals surface area contributed by atoms with Gasteiger partial charge in [-0.05, 0) is 36.7 Å². The Morgan fingerprint density at radius 1 is 1.35 bits per heavy atom. The third-order valence-electron chi connectivity index (χ3n) is 2.19. The average molecular weight is 258 g/mol. The summed E-state index contributed by atoms with van der Waals surface area (Å²) in [7, 11) is 0. The van der Waals surface area contributed by atoms with E-state index in [0.29, 0.717) is 11.0 Å². The Hall–Kier alpha value is -1.23. The zero-order valence-corrected chi connectivity index (χ0v) is 10.7. The summed E-state index contributed by atoms with van der Waals surface area (Å²) in [5.41, 5.74) is 0.174. The van der Waals surface area contributed by atoms with E-state index in [2.05, 4.69) is 24.5 Å². The first-order valence-corrected chi connectivity index (χ1v) is 5.89. The second kappa shape index (κ2) is 6.49. The highest BCUT2D eigenvalue weighted by Gasteiger charge is 2.05. The molecule has 0 fully saturated rings. The van der Waals surface area contributed by atoms with Gasteiger partial charge < -0.3 is 10.6 Å². The number of thiocarbonyl (C=S) groups is 1. The van der Waals surface area contributed by atoms with Gasteiger partial charge >= 0.3 is 0 Å². The fourth-order valence-corrected chi connectivity index (χ4v) is 1.44. The standard InChI is InChI=1S/C12H16F2N2S/c1-8(2)5-6-15-12(17)16-11-4-3-9(13)7-10(11)14/h3-4,7-8H,5-6H2,1-2H3,(H2,15,16,17). The number of anilines is 1. The van der Waals surface area contributed by atoms with Crippen LogP contribution in [0.3, 0.4) is 0 Å². The van der Waals surface area contributed by atoms with Crippen LogP contribution in [0.25, 0.3) is 0 Å². The summed E-state index contributed by atoms with van der Waals surface area (Å²) in [5.74, 6) is -0.683. The zero-order chi connectivity index (χ0) is 12.8. The molecule has 0 amide bonds. The number of halogens is 2. The molecule has 0 aliphatic rings. The molecule has 0 aromatic heterocycles. The Kier molecular flexibility index (Phi) is 5.28. The first-order chi connectivity index (χ1) is 7.99. The minimum absolute atomic E-state index is 0.174. The van der Waals surface area contributed by atoms with Crippen molar-refractivity contribution >= 4 is 23.0 Å². The van der Waals surface area contributed by atoms with Gasteiger partial charge in [0.25, 0.3) is 0 Å². The van der Waals surface area contributed by atoms with Crippen molar-refractivity contribution < 1.29 is 8.78 Å². The topological polar surface area (TPSA) is 24.1 Å². The van der Waals surface area contributed by atoms with Gasteiger partial charge in [0, 0.05) is 12.6 Å². The van der Waals surface area contributed by atoms with Gasteiger partial charge in [0.05, 0.1) is 5.69 Å². The summed E-state index contributed by atoms with van der Waals surface area (Å²) < 4.78 is 25.9. The highest BCUT2D eigenvalue weighted by molar-refractivity contribution is 7.80. The van der Waals surface area contributed by atoms with Gasteiger partial charge in [-0.3, -0.25) is 0 Å². The normalized spacial score (nSPS) is 10.4. The van der Waals surface area contributed by atoms with Crippen molar-refractivity contribution in [3.63, 3.8) is 0 Å². The number of hydrogen-bond donors (Lipinski definition) is 2. The minimum Gasteiger partial charge on any atom is -0.362 e. The van der Waals surface area contributed by atoms with E-state index in [0.717, 1.165) is 19.0 Å². The van der Waals surface area contributed by atoms with E-state index in [1.165, 1.54) is 12.1 Å². The molecular formula is C12H16F2N2S. The second-order valence-corrected chi connectivity index (χ2v) is 4.60. The molecule has 0 atom stereocenters. The van der Waals surface area contributed by atoms with Gasteiger partial charge in [0.2, 0.25) is 0 Å². The lowest BCUT2D eigenvalue weighted by atomic mass is 10.1. The molecule has 0 spiro atoms. The third kappa shape index (κ3) is 5.08. The Labute approximate surface area is 105 Å². The molecule has 94 valence electrons. The third-order valence-corrected chi connectivity index (χ3v) is 2.43. The molecule has 1 aromatic rings. The quantitative estimate of drug-likeness (QED) is 0.810. The molecule has 0 aliphatic carbocycles. The Bertz CT molecular complexity index is 394. The molecule has 1 rings (SSSR count). The maximum atomic E-state index is 13.3. The largest absolute Gasteiger partial charge is 0.362 e. The van der Waals surface area contributed by atoms with Crippen LogP contribution in [0.1, 0.15) is 20.3 Å². The molecule has 17 heavy (non-hydrogen) atoms. The fourth-order valence-electron chi connectivity index (χ4n) is 1.23. The molecule has 2 nitrogen and oxygen atoms in total. The first-order valence-electron chi connectivity index (χ1n) is 5.49. The van der Waals surface area contributed by atoms with Crippen molar-refractivity contribution in [3.8, 4) is 0 Å². The van der Waals surface area contributed by atoms with Gasteiger partial charge in [-0.2, -0.15) is 0 Å². The van der Waals surface area contributed by atoms with Crippen molar-refractivity contribution in [3.05, 3.63) is 29.8 Å². The predicted octanol–water partition coefficient (Wildman–Crippen LogP) is 3.30. The molecule has 0 bridgehead atoms. The van der Waals surface area contributed by atoms with Crippen molar-refractivity contribution in [1.82, 2.24) is 5.32 Å². The monoisotopic (exact) mass is 258 g/mol. The van der Waals surface area contributed by atoms with Crippen molar-refractivity contribution in [2.45, 2.75) is 20.3 Å². The van der Waals surface area contributed by atoms with Gasteiger partial charge in [0.15, 0.2) is 5.11 Å². The maximum Gasteiger partial charge on any atom is 0.170 e. The Morgan fingerprint density at radius 3 is 2.65 bits per heavy atom. The molecule has 0 saturated carbocycles. The van der Waals surface area contributed by atoms with Crippen LogP contribution >= 0.6 is 12.2 Å². The number of hydrogen-bond acceptors (Lipinski definition) is 1. The van der Waals surface area contributed by atoms with Crippen molar-refractivity contribution in [1.29, 1.82) is 0 Å². The van der Waals surface area contributed by atoms with Crippen molar-refractivity contribution in [2.24, 2.45) is 5.92 Å². The summed E-state index contributed by atoms with van der Waals surface area (Å²) >= 11 is 5.00. The summed E-state index contributed by atoms with van der Waals surface area (Å²) in [6, 6.07) is 3.32. The second-order valence-electron chi connectivity index (χ2n) is 4.19. The summed E-state index contributed by atoms with van der Waals surface area (Å²) in [5, 5.41) is 6.00. The molecule has 0 aliphatic heterocycles. The molecule has 5 heteroatoms. The molecule has 1 aromatic carbocycles. The van der Waals surface area contributed by atoms with E-state index in [9.17, 15) is 8.78 Å². The van der Waals surface area contributed by atoms with E-state index >= 15 is 0 Å². The highest BCUT2D eigenvalue weighted by Crippen LogP contribution is 2.14. The van der Waals surface area contributed by atoms with Crippen LogP contribution in [0.15, 0.2) is 18.2 Å². The summed E-state index contributed by atoms with van der Waals surface area (Å²) in [6.07, 6.45) is 0.980. The van der Waals surface area contributed by atoms with Gasteiger partial charge in [-0.25, -0.2) is 8.78 Å². The predicted molar refractivity (Wildman–Crippen MR) is 70.0 cm³/mol. The molecule has 0 heterocycles. The fraction of sp³-hybridized carbons (Fsp3) is 0.417. The van der Waals surface area contributed by atoms with E-state index < -0.39 is 11.6 Å². The lowest BCUT2D eigenvalue weighted by Gasteiger charge is -2.12. The van der Waals surface area contributed by atoms with Crippen LogP contribution < -0.4 is 10.6 Å². The van der Waals surface area contributed by atoms with Crippen LogP contribution in [0.2, 0.25) is 0 Å². The van der Waals surface area contributed by atoms with E-state index in [4.69, 9.17) is 12.2 Å². The number of nitrogens with one attached hydrogen (secondary N) is 2. The molecule has 0 radical (unpaired) electrons. The highest BCUT2D eigenvalue weighted by atomic mass is 32.1. The van der Waals surface area contributed by atoms with Crippen LogP contribution in [0.5, 0.6) is 0 Å². The van der Waals surface area contributed by atoms with Crippen LogP contribution in [-0.2, 0) is 0 Å². The molecule has 0 saturated heterocycles. The van der Waals surface area contributed by atoms with Gasteiger partial charge in [0.1, 0.15) is 11.6 Å². The maximum absolute atomic E-state index is 13.3. The van der Waals surface area contributed by atoms with E-state index in [-0.39, 0.29) is 5.69 Å². The van der Waals surface area contributed by atoms with Crippen LogP contribution in [0.4, 0.5) is 14.5 Å². The summed E-state index contributed by atoms with van der Waals surface area (Å²) in [4.78, 5) is 0. The first kappa shape index (κ1) is 13.8. The van der Waals surface area contributed by atoms with Crippen molar-refractivity contribution in [2.75, 3.05) is 11.9 Å². The van der Waals surface area contributed by atoms with E-state index in [1.54, 1.807) is 0 Å². The van der Waals surface area contributed by atoms with Gasteiger partial charge in [-0.15, -0.1) is 0 Å². The zero-order valence-electron chi connectivity index (χ0n) is 9.89. The lowest BCUT2D eigenvalue weighted by Crippen LogP contribution is -2.30. The molecule has 0 unspecified atom stereocenters. The average Bonchev–Trinajstić information content (AvgIpc) is 2.21. The Morgan fingerprint density at radius 2 is 2.06 bits per heavy atom. The summed E-state index contributed by atoms with van der Waals surface area (Å²) in [6.45, 7) is 4.95. The molecule has 2 N–H and O–H groups in total. The lowest BCUT2D eigenvalue weighted by molar-refractivity contribution is 0.578. The smallest absolute Gasteiger partial charge is 0.170 e. The SMILES string of the molecule is CC(C)CCNC(=S)Nc1ccc(F)cc1F. The minimum atomic E-state index is -0.655. The number of benzene rings is 1. The number of rotatable bonds is 4.